The molecule has 1 atom stereocenters. The minimum Gasteiger partial charge on any atom is -0.496 e. The molecule has 0 saturated carbocycles. The van der Waals surface area contributed by atoms with E-state index in [2.05, 4.69) is 10.5 Å². The van der Waals surface area contributed by atoms with Gasteiger partial charge in [-0.3, -0.25) is 4.79 Å². The number of carbonyl (C=O) groups is 1. The van der Waals surface area contributed by atoms with Crippen molar-refractivity contribution in [1.82, 2.24) is 10.5 Å². The van der Waals surface area contributed by atoms with Gasteiger partial charge in [0.15, 0.2) is 11.5 Å². The van der Waals surface area contributed by atoms with Crippen molar-refractivity contribution in [3.8, 4) is 17.1 Å². The van der Waals surface area contributed by atoms with E-state index in [-0.39, 0.29) is 11.6 Å². The number of nitrogens with one attached hydrogen (secondary N) is 1. The van der Waals surface area contributed by atoms with E-state index >= 15 is 0 Å². The number of rotatable bonds is 5. The van der Waals surface area contributed by atoms with E-state index in [1.54, 1.807) is 13.2 Å². The number of hydrogen-bond donors (Lipinski definition) is 1. The lowest BCUT2D eigenvalue weighted by Gasteiger charge is -2.07. The Labute approximate surface area is 128 Å². The summed E-state index contributed by atoms with van der Waals surface area (Å²) in [6.07, 6.45) is 0.978. The van der Waals surface area contributed by atoms with Crippen molar-refractivity contribution in [2.45, 2.75) is 6.42 Å². The van der Waals surface area contributed by atoms with Crippen LogP contribution in [-0.2, 0) is 4.74 Å². The molecule has 0 unspecified atom stereocenters. The Kier molecular flexibility index (Phi) is 4.39. The number of nitrogens with zero attached hydrogens (tertiary/aromatic N) is 1. The van der Waals surface area contributed by atoms with Crippen molar-refractivity contribution in [2.75, 3.05) is 26.9 Å². The highest BCUT2D eigenvalue weighted by molar-refractivity contribution is 5.93. The van der Waals surface area contributed by atoms with Gasteiger partial charge in [0.1, 0.15) is 5.75 Å². The van der Waals surface area contributed by atoms with Gasteiger partial charge in [0, 0.05) is 25.1 Å². The van der Waals surface area contributed by atoms with E-state index < -0.39 is 0 Å². The topological polar surface area (TPSA) is 73.6 Å². The monoisotopic (exact) mass is 302 g/mol. The van der Waals surface area contributed by atoms with Crippen LogP contribution in [0.25, 0.3) is 11.3 Å². The maximum atomic E-state index is 12.1. The average Bonchev–Trinajstić information content (AvgIpc) is 3.24. The van der Waals surface area contributed by atoms with E-state index in [1.165, 1.54) is 0 Å². The lowest BCUT2D eigenvalue weighted by atomic mass is 10.1. The van der Waals surface area contributed by atoms with Crippen LogP contribution in [0.1, 0.15) is 16.9 Å². The second-order valence-electron chi connectivity index (χ2n) is 5.22. The lowest BCUT2D eigenvalue weighted by molar-refractivity contribution is 0.0936. The minimum atomic E-state index is -0.239. The molecule has 2 aromatic rings. The van der Waals surface area contributed by atoms with Crippen LogP contribution in [0.15, 0.2) is 34.9 Å². The summed E-state index contributed by atoms with van der Waals surface area (Å²) < 4.78 is 15.8. The average molecular weight is 302 g/mol. The number of ether oxygens (including phenoxy) is 2. The van der Waals surface area contributed by atoms with E-state index in [0.29, 0.717) is 30.6 Å². The SMILES string of the molecule is COc1ccccc1-c1cc(C(=O)NC[C@H]2CCOC2)no1. The molecule has 2 heterocycles. The Balaban J connectivity index is 1.68. The first-order chi connectivity index (χ1) is 10.8. The summed E-state index contributed by atoms with van der Waals surface area (Å²) >= 11 is 0. The highest BCUT2D eigenvalue weighted by atomic mass is 16.5. The van der Waals surface area contributed by atoms with Gasteiger partial charge in [-0.05, 0) is 18.6 Å². The highest BCUT2D eigenvalue weighted by Crippen LogP contribution is 2.29. The van der Waals surface area contributed by atoms with Gasteiger partial charge in [0.25, 0.3) is 5.91 Å². The van der Waals surface area contributed by atoms with Crippen molar-refractivity contribution in [1.29, 1.82) is 0 Å². The van der Waals surface area contributed by atoms with Crippen LogP contribution in [-0.4, -0.2) is 37.9 Å². The number of benzene rings is 1. The molecule has 1 aliphatic rings. The third-order valence-electron chi connectivity index (χ3n) is 3.69. The Morgan fingerprint density at radius 3 is 3.09 bits per heavy atom. The van der Waals surface area contributed by atoms with Crippen LogP contribution in [0.4, 0.5) is 0 Å². The van der Waals surface area contributed by atoms with Gasteiger partial charge < -0.3 is 19.3 Å². The molecule has 6 nitrogen and oxygen atoms in total. The Morgan fingerprint density at radius 1 is 1.45 bits per heavy atom. The molecular formula is C16H18N2O4. The van der Waals surface area contributed by atoms with Crippen LogP contribution in [0.5, 0.6) is 5.75 Å². The molecule has 1 fully saturated rings. The first-order valence-electron chi connectivity index (χ1n) is 7.24. The summed E-state index contributed by atoms with van der Waals surface area (Å²) in [6.45, 7) is 2.06. The van der Waals surface area contributed by atoms with Gasteiger partial charge in [-0.25, -0.2) is 0 Å². The first-order valence-corrected chi connectivity index (χ1v) is 7.24. The zero-order chi connectivity index (χ0) is 15.4. The fourth-order valence-corrected chi connectivity index (χ4v) is 2.43. The smallest absolute Gasteiger partial charge is 0.273 e. The van der Waals surface area contributed by atoms with Crippen molar-refractivity contribution < 1.29 is 18.8 Å². The number of amides is 1. The summed E-state index contributed by atoms with van der Waals surface area (Å²) in [5.41, 5.74) is 1.03. The van der Waals surface area contributed by atoms with E-state index in [9.17, 15) is 4.79 Å². The number of hydrogen-bond acceptors (Lipinski definition) is 5. The molecule has 0 spiro atoms. The molecule has 6 heteroatoms. The number of carbonyl (C=O) groups excluding carboxylic acids is 1. The third kappa shape index (κ3) is 3.12. The zero-order valence-corrected chi connectivity index (χ0v) is 12.4. The van der Waals surface area contributed by atoms with Gasteiger partial charge in [0.05, 0.1) is 19.3 Å². The van der Waals surface area contributed by atoms with E-state index in [1.807, 2.05) is 24.3 Å². The van der Waals surface area contributed by atoms with Gasteiger partial charge >= 0.3 is 0 Å². The second kappa shape index (κ2) is 6.62. The number of methoxy groups -OCH3 is 1. The molecular weight excluding hydrogens is 284 g/mol. The van der Waals surface area contributed by atoms with Crippen LogP contribution in [0.3, 0.4) is 0 Å². The molecule has 3 rings (SSSR count). The van der Waals surface area contributed by atoms with Gasteiger partial charge in [0.2, 0.25) is 0 Å². The van der Waals surface area contributed by atoms with Crippen LogP contribution in [0.2, 0.25) is 0 Å². The van der Waals surface area contributed by atoms with E-state index in [0.717, 1.165) is 18.6 Å². The number of para-hydroxylation sites is 1. The summed E-state index contributed by atoms with van der Waals surface area (Å²) in [4.78, 5) is 12.1. The van der Waals surface area contributed by atoms with Gasteiger partial charge in [-0.15, -0.1) is 0 Å². The van der Waals surface area contributed by atoms with E-state index in [4.69, 9.17) is 14.0 Å². The molecule has 0 bridgehead atoms. The van der Waals surface area contributed by atoms with Crippen molar-refractivity contribution >= 4 is 5.91 Å². The Bertz CT molecular complexity index is 647. The van der Waals surface area contributed by atoms with Crippen molar-refractivity contribution in [3.63, 3.8) is 0 Å². The predicted octanol–water partition coefficient (Wildman–Crippen LogP) is 2.12. The summed E-state index contributed by atoms with van der Waals surface area (Å²) in [5.74, 6) is 1.32. The summed E-state index contributed by atoms with van der Waals surface area (Å²) in [6, 6.07) is 9.06. The molecule has 0 radical (unpaired) electrons. The fraction of sp³-hybridized carbons (Fsp3) is 0.375. The quantitative estimate of drug-likeness (QED) is 0.915. The Morgan fingerprint density at radius 2 is 2.32 bits per heavy atom. The van der Waals surface area contributed by atoms with Crippen molar-refractivity contribution in [3.05, 3.63) is 36.0 Å². The first kappa shape index (κ1) is 14.6. The minimum absolute atomic E-state index is 0.239. The number of aromatic nitrogens is 1. The maximum absolute atomic E-state index is 12.1. The lowest BCUT2D eigenvalue weighted by Crippen LogP contribution is -2.29. The molecule has 1 saturated heterocycles. The summed E-state index contributed by atoms with van der Waals surface area (Å²) in [7, 11) is 1.59. The molecule has 1 aromatic heterocycles. The fourth-order valence-electron chi connectivity index (χ4n) is 2.43. The van der Waals surface area contributed by atoms with Gasteiger partial charge in [-0.2, -0.15) is 0 Å². The Hall–Kier alpha value is -2.34. The van der Waals surface area contributed by atoms with Crippen molar-refractivity contribution in [2.24, 2.45) is 5.92 Å². The molecule has 1 amide bonds. The maximum Gasteiger partial charge on any atom is 0.273 e. The molecule has 116 valence electrons. The molecule has 1 aliphatic heterocycles. The van der Waals surface area contributed by atoms with Gasteiger partial charge in [-0.1, -0.05) is 17.3 Å². The molecule has 1 N–H and O–H groups in total. The highest BCUT2D eigenvalue weighted by Gasteiger charge is 2.19. The molecule has 22 heavy (non-hydrogen) atoms. The zero-order valence-electron chi connectivity index (χ0n) is 12.4. The normalized spacial score (nSPS) is 17.4. The third-order valence-corrected chi connectivity index (χ3v) is 3.69. The molecule has 0 aliphatic carbocycles. The van der Waals surface area contributed by atoms with Crippen LogP contribution < -0.4 is 10.1 Å². The standard InChI is InChI=1S/C16H18N2O4/c1-20-14-5-3-2-4-12(14)15-8-13(18-22-15)16(19)17-9-11-6-7-21-10-11/h2-5,8,11H,6-7,9-10H2,1H3,(H,17,19)/t11-/m1/s1. The largest absolute Gasteiger partial charge is 0.496 e. The van der Waals surface area contributed by atoms with Crippen LogP contribution in [0, 0.1) is 5.92 Å². The van der Waals surface area contributed by atoms with Crippen LogP contribution >= 0.6 is 0 Å². The molecule has 1 aromatic carbocycles. The predicted molar refractivity (Wildman–Crippen MR) is 79.8 cm³/mol. The summed E-state index contributed by atoms with van der Waals surface area (Å²) in [5, 5.41) is 6.70. The second-order valence-corrected chi connectivity index (χ2v) is 5.22.